The van der Waals surface area contributed by atoms with Gasteiger partial charge in [0, 0.05) is 13.1 Å². The Balaban J connectivity index is 2.10. The fraction of sp³-hybridized carbons (Fsp3) is 0.562. The largest absolute Gasteiger partial charge is 0.481 e. The van der Waals surface area contributed by atoms with E-state index >= 15 is 0 Å². The van der Waals surface area contributed by atoms with Gasteiger partial charge in [0.2, 0.25) is 0 Å². The summed E-state index contributed by atoms with van der Waals surface area (Å²) in [6.07, 6.45) is 1.48. The number of carboxylic acids is 1. The molecule has 1 fully saturated rings. The van der Waals surface area contributed by atoms with E-state index in [9.17, 15) is 9.90 Å². The van der Waals surface area contributed by atoms with Gasteiger partial charge < -0.3 is 5.11 Å². The van der Waals surface area contributed by atoms with Gasteiger partial charge in [-0.2, -0.15) is 0 Å². The highest BCUT2D eigenvalue weighted by molar-refractivity contribution is 5.75. The Kier molecular flexibility index (Phi) is 3.95. The molecule has 1 heterocycles. The number of carboxylic acid groups (broad SMARTS) is 1. The summed E-state index contributed by atoms with van der Waals surface area (Å²) in [5.74, 6) is -0.640. The Morgan fingerprint density at radius 3 is 2.74 bits per heavy atom. The van der Waals surface area contributed by atoms with Crippen molar-refractivity contribution >= 4 is 5.97 Å². The van der Waals surface area contributed by atoms with Crippen LogP contribution in [0.2, 0.25) is 0 Å². The van der Waals surface area contributed by atoms with Crippen LogP contribution < -0.4 is 0 Å². The number of aliphatic carboxylic acids is 1. The van der Waals surface area contributed by atoms with Crippen molar-refractivity contribution in [3.63, 3.8) is 0 Å². The lowest BCUT2D eigenvalue weighted by Gasteiger charge is -2.23. The zero-order valence-corrected chi connectivity index (χ0v) is 12.1. The second-order valence-corrected chi connectivity index (χ2v) is 5.83. The molecule has 1 aliphatic heterocycles. The van der Waals surface area contributed by atoms with Crippen LogP contribution in [0.3, 0.4) is 0 Å². The summed E-state index contributed by atoms with van der Waals surface area (Å²) in [5, 5.41) is 9.42. The highest BCUT2D eigenvalue weighted by Gasteiger charge is 2.43. The van der Waals surface area contributed by atoms with Crippen molar-refractivity contribution in [1.29, 1.82) is 0 Å². The number of hydrogen-bond donors (Lipinski definition) is 1. The van der Waals surface area contributed by atoms with Crippen LogP contribution in [0, 0.1) is 19.3 Å². The first kappa shape index (κ1) is 14.1. The molecule has 2 rings (SSSR count). The highest BCUT2D eigenvalue weighted by atomic mass is 16.4. The minimum absolute atomic E-state index is 0.530. The van der Waals surface area contributed by atoms with Crippen LogP contribution in [-0.4, -0.2) is 29.1 Å². The SMILES string of the molecule is CCC1(C(=O)O)CCN(Cc2cc(C)ccc2C)C1. The second-order valence-electron chi connectivity index (χ2n) is 5.83. The van der Waals surface area contributed by atoms with E-state index in [-0.39, 0.29) is 0 Å². The smallest absolute Gasteiger partial charge is 0.310 e. The third kappa shape index (κ3) is 2.81. The molecule has 19 heavy (non-hydrogen) atoms. The van der Waals surface area contributed by atoms with Crippen molar-refractivity contribution < 1.29 is 9.90 Å². The number of nitrogens with zero attached hydrogens (tertiary/aromatic N) is 1. The molecule has 3 nitrogen and oxygen atoms in total. The molecule has 0 aliphatic carbocycles. The van der Waals surface area contributed by atoms with E-state index in [0.717, 1.165) is 19.5 Å². The molecule has 1 aromatic rings. The van der Waals surface area contributed by atoms with Crippen molar-refractivity contribution in [2.75, 3.05) is 13.1 Å². The minimum Gasteiger partial charge on any atom is -0.481 e. The van der Waals surface area contributed by atoms with Crippen LogP contribution in [0.1, 0.15) is 36.5 Å². The molecular formula is C16H23NO2. The van der Waals surface area contributed by atoms with Crippen LogP contribution in [0.4, 0.5) is 0 Å². The molecule has 1 N–H and O–H groups in total. The molecule has 0 radical (unpaired) electrons. The molecule has 1 saturated heterocycles. The molecule has 0 aromatic heterocycles. The first-order valence-electron chi connectivity index (χ1n) is 6.99. The first-order chi connectivity index (χ1) is 8.97. The predicted octanol–water partition coefficient (Wildman–Crippen LogP) is 2.99. The van der Waals surface area contributed by atoms with Gasteiger partial charge in [-0.25, -0.2) is 0 Å². The van der Waals surface area contributed by atoms with E-state index in [0.29, 0.717) is 13.0 Å². The van der Waals surface area contributed by atoms with Crippen molar-refractivity contribution in [2.24, 2.45) is 5.41 Å². The van der Waals surface area contributed by atoms with Gasteiger partial charge in [0.05, 0.1) is 5.41 Å². The molecule has 0 saturated carbocycles. The Morgan fingerprint density at radius 1 is 1.42 bits per heavy atom. The summed E-state index contributed by atoms with van der Waals surface area (Å²) in [6, 6.07) is 6.48. The third-order valence-electron chi connectivity index (χ3n) is 4.46. The van der Waals surface area contributed by atoms with Crippen molar-refractivity contribution in [3.8, 4) is 0 Å². The number of benzene rings is 1. The Hall–Kier alpha value is -1.35. The maximum atomic E-state index is 11.4. The van der Waals surface area contributed by atoms with E-state index < -0.39 is 11.4 Å². The lowest BCUT2D eigenvalue weighted by atomic mass is 9.84. The Labute approximate surface area is 115 Å². The summed E-state index contributed by atoms with van der Waals surface area (Å²) in [4.78, 5) is 13.7. The monoisotopic (exact) mass is 261 g/mol. The summed E-state index contributed by atoms with van der Waals surface area (Å²) < 4.78 is 0. The number of likely N-dealkylation sites (tertiary alicyclic amines) is 1. The molecule has 1 aliphatic rings. The summed E-state index contributed by atoms with van der Waals surface area (Å²) in [6.45, 7) is 8.62. The van der Waals surface area contributed by atoms with E-state index in [4.69, 9.17) is 0 Å². The van der Waals surface area contributed by atoms with Gasteiger partial charge >= 0.3 is 5.97 Å². The highest BCUT2D eigenvalue weighted by Crippen LogP contribution is 2.35. The number of carbonyl (C=O) groups is 1. The van der Waals surface area contributed by atoms with Crippen molar-refractivity contribution in [3.05, 3.63) is 34.9 Å². The van der Waals surface area contributed by atoms with Crippen molar-refractivity contribution in [2.45, 2.75) is 40.2 Å². The number of aryl methyl sites for hydroxylation is 2. The molecule has 0 amide bonds. The number of rotatable bonds is 4. The zero-order valence-electron chi connectivity index (χ0n) is 12.1. The van der Waals surface area contributed by atoms with Gasteiger partial charge in [-0.3, -0.25) is 9.69 Å². The lowest BCUT2D eigenvalue weighted by Crippen LogP contribution is -2.34. The van der Waals surface area contributed by atoms with Gasteiger partial charge in [-0.05, 0) is 44.4 Å². The zero-order chi connectivity index (χ0) is 14.0. The van der Waals surface area contributed by atoms with E-state index in [2.05, 4.69) is 36.9 Å². The second kappa shape index (κ2) is 5.33. The van der Waals surface area contributed by atoms with Crippen LogP contribution in [-0.2, 0) is 11.3 Å². The predicted molar refractivity (Wildman–Crippen MR) is 76.2 cm³/mol. The fourth-order valence-corrected chi connectivity index (χ4v) is 2.92. The van der Waals surface area contributed by atoms with Crippen LogP contribution >= 0.6 is 0 Å². The normalized spacial score (nSPS) is 23.7. The van der Waals surface area contributed by atoms with Crippen LogP contribution in [0.15, 0.2) is 18.2 Å². The maximum Gasteiger partial charge on any atom is 0.310 e. The summed E-state index contributed by atoms with van der Waals surface area (Å²) in [5.41, 5.74) is 3.34. The van der Waals surface area contributed by atoms with E-state index in [1.165, 1.54) is 16.7 Å². The molecule has 0 bridgehead atoms. The van der Waals surface area contributed by atoms with Gasteiger partial charge in [0.15, 0.2) is 0 Å². The number of hydrogen-bond acceptors (Lipinski definition) is 2. The van der Waals surface area contributed by atoms with Gasteiger partial charge in [-0.1, -0.05) is 30.7 Å². The first-order valence-corrected chi connectivity index (χ1v) is 6.99. The average Bonchev–Trinajstić information content (AvgIpc) is 2.79. The average molecular weight is 261 g/mol. The van der Waals surface area contributed by atoms with Gasteiger partial charge in [0.25, 0.3) is 0 Å². The molecule has 0 spiro atoms. The van der Waals surface area contributed by atoms with Crippen LogP contribution in [0.25, 0.3) is 0 Å². The molecule has 3 heteroatoms. The maximum absolute atomic E-state index is 11.4. The summed E-state index contributed by atoms with van der Waals surface area (Å²) in [7, 11) is 0. The molecular weight excluding hydrogens is 238 g/mol. The Bertz CT molecular complexity index is 484. The minimum atomic E-state index is -0.640. The molecule has 104 valence electrons. The molecule has 1 aromatic carbocycles. The van der Waals surface area contributed by atoms with Gasteiger partial charge in [0.1, 0.15) is 0 Å². The molecule has 1 atom stereocenters. The van der Waals surface area contributed by atoms with Gasteiger partial charge in [-0.15, -0.1) is 0 Å². The third-order valence-corrected chi connectivity index (χ3v) is 4.46. The summed E-state index contributed by atoms with van der Waals surface area (Å²) >= 11 is 0. The van der Waals surface area contributed by atoms with E-state index in [1.807, 2.05) is 6.92 Å². The Morgan fingerprint density at radius 2 is 2.16 bits per heavy atom. The standard InChI is InChI=1S/C16H23NO2/c1-4-16(15(18)19)7-8-17(11-16)10-14-9-12(2)5-6-13(14)3/h5-6,9H,4,7-8,10-11H2,1-3H3,(H,18,19). The fourth-order valence-electron chi connectivity index (χ4n) is 2.92. The quantitative estimate of drug-likeness (QED) is 0.905. The van der Waals surface area contributed by atoms with E-state index in [1.54, 1.807) is 0 Å². The lowest BCUT2D eigenvalue weighted by molar-refractivity contribution is -0.148. The molecule has 1 unspecified atom stereocenters. The topological polar surface area (TPSA) is 40.5 Å². The van der Waals surface area contributed by atoms with Crippen molar-refractivity contribution in [1.82, 2.24) is 4.90 Å². The van der Waals surface area contributed by atoms with Crippen LogP contribution in [0.5, 0.6) is 0 Å².